The molecule has 0 atom stereocenters. The molecule has 0 bridgehead atoms. The molecule has 1 saturated carbocycles. The topological polar surface area (TPSA) is 47.8 Å². The van der Waals surface area contributed by atoms with Gasteiger partial charge < -0.3 is 0 Å². The highest BCUT2D eigenvalue weighted by Gasteiger charge is 2.23. The van der Waals surface area contributed by atoms with Gasteiger partial charge in [0.15, 0.2) is 5.16 Å². The molecule has 5 heteroatoms. The van der Waals surface area contributed by atoms with Gasteiger partial charge in [0.05, 0.1) is 5.69 Å². The fourth-order valence-corrected chi connectivity index (χ4v) is 2.75. The molecule has 1 aliphatic rings. The lowest BCUT2D eigenvalue weighted by atomic mass is 9.92. The van der Waals surface area contributed by atoms with Gasteiger partial charge in [-0.15, -0.1) is 0 Å². The molecule has 0 N–H and O–H groups in total. The van der Waals surface area contributed by atoms with Crippen LogP contribution in [0.15, 0.2) is 22.1 Å². The summed E-state index contributed by atoms with van der Waals surface area (Å²) in [6.07, 6.45) is 5.32. The number of aromatic nitrogens is 3. The van der Waals surface area contributed by atoms with Gasteiger partial charge in [-0.25, -0.2) is 9.97 Å². The van der Waals surface area contributed by atoms with Crippen LogP contribution in [0.1, 0.15) is 31.0 Å². The minimum atomic E-state index is 0.0531. The fourth-order valence-electron chi connectivity index (χ4n) is 2.35. The van der Waals surface area contributed by atoms with Crippen molar-refractivity contribution in [1.82, 2.24) is 14.5 Å². The predicted molar refractivity (Wildman–Crippen MR) is 73.2 cm³/mol. The van der Waals surface area contributed by atoms with Crippen LogP contribution in [0.3, 0.4) is 0 Å². The van der Waals surface area contributed by atoms with E-state index < -0.39 is 0 Å². The van der Waals surface area contributed by atoms with Crippen molar-refractivity contribution in [3.05, 3.63) is 28.2 Å². The van der Waals surface area contributed by atoms with E-state index in [0.29, 0.717) is 6.04 Å². The first-order valence-electron chi connectivity index (χ1n) is 6.14. The Morgan fingerprint density at radius 1 is 1.33 bits per heavy atom. The van der Waals surface area contributed by atoms with Crippen molar-refractivity contribution in [2.75, 3.05) is 6.26 Å². The molecule has 3 rings (SSSR count). The average molecular weight is 261 g/mol. The Morgan fingerprint density at radius 3 is 2.72 bits per heavy atom. The highest BCUT2D eigenvalue weighted by atomic mass is 32.2. The number of aryl methyl sites for hydroxylation is 1. The predicted octanol–water partition coefficient (Wildman–Crippen LogP) is 2.55. The number of thioether (sulfide) groups is 1. The molecule has 18 heavy (non-hydrogen) atoms. The SMILES string of the molecule is CSc1nc(C)c2ccc(=O)n(C3CCC3)c2n1. The minimum Gasteiger partial charge on any atom is -0.289 e. The third-order valence-electron chi connectivity index (χ3n) is 3.58. The quantitative estimate of drug-likeness (QED) is 0.615. The molecule has 0 radical (unpaired) electrons. The Kier molecular flexibility index (Phi) is 2.86. The van der Waals surface area contributed by atoms with Crippen LogP contribution < -0.4 is 5.56 Å². The first kappa shape index (κ1) is 11.7. The van der Waals surface area contributed by atoms with Crippen LogP contribution >= 0.6 is 11.8 Å². The Labute approximate surface area is 109 Å². The molecule has 0 saturated heterocycles. The third kappa shape index (κ3) is 1.73. The highest BCUT2D eigenvalue weighted by molar-refractivity contribution is 7.98. The van der Waals surface area contributed by atoms with Crippen molar-refractivity contribution in [3.8, 4) is 0 Å². The average Bonchev–Trinajstić information content (AvgIpc) is 2.30. The van der Waals surface area contributed by atoms with Gasteiger partial charge in [-0.3, -0.25) is 9.36 Å². The number of fused-ring (bicyclic) bond motifs is 1. The van der Waals surface area contributed by atoms with Crippen molar-refractivity contribution < 1.29 is 0 Å². The molecule has 2 aromatic heterocycles. The monoisotopic (exact) mass is 261 g/mol. The maximum absolute atomic E-state index is 12.1. The van der Waals surface area contributed by atoms with Gasteiger partial charge in [0, 0.05) is 17.5 Å². The molecular weight excluding hydrogens is 246 g/mol. The van der Waals surface area contributed by atoms with Crippen molar-refractivity contribution in [2.24, 2.45) is 0 Å². The molecule has 2 heterocycles. The number of hydrogen-bond acceptors (Lipinski definition) is 4. The number of rotatable bonds is 2. The molecule has 2 aromatic rings. The van der Waals surface area contributed by atoms with Gasteiger partial charge in [0.1, 0.15) is 5.65 Å². The van der Waals surface area contributed by atoms with E-state index in [2.05, 4.69) is 9.97 Å². The van der Waals surface area contributed by atoms with E-state index in [0.717, 1.165) is 34.7 Å². The highest BCUT2D eigenvalue weighted by Crippen LogP contribution is 2.32. The zero-order chi connectivity index (χ0) is 12.7. The lowest BCUT2D eigenvalue weighted by molar-refractivity contribution is 0.313. The van der Waals surface area contributed by atoms with E-state index >= 15 is 0 Å². The lowest BCUT2D eigenvalue weighted by Gasteiger charge is -2.28. The minimum absolute atomic E-state index is 0.0531. The maximum atomic E-state index is 12.1. The summed E-state index contributed by atoms with van der Waals surface area (Å²) in [5.74, 6) is 0. The van der Waals surface area contributed by atoms with Gasteiger partial charge in [0.25, 0.3) is 5.56 Å². The summed E-state index contributed by atoms with van der Waals surface area (Å²) >= 11 is 1.51. The van der Waals surface area contributed by atoms with Crippen molar-refractivity contribution >= 4 is 22.8 Å². The number of hydrogen-bond donors (Lipinski definition) is 0. The fraction of sp³-hybridized carbons (Fsp3) is 0.462. The molecule has 0 spiro atoms. The van der Waals surface area contributed by atoms with Gasteiger partial charge in [0.2, 0.25) is 0 Å². The zero-order valence-corrected chi connectivity index (χ0v) is 11.3. The zero-order valence-electron chi connectivity index (χ0n) is 10.5. The van der Waals surface area contributed by atoms with Crippen LogP contribution in [0, 0.1) is 6.92 Å². The number of nitrogens with zero attached hydrogens (tertiary/aromatic N) is 3. The van der Waals surface area contributed by atoms with Crippen LogP contribution in [0.5, 0.6) is 0 Å². The molecule has 1 fully saturated rings. The van der Waals surface area contributed by atoms with E-state index in [1.807, 2.05) is 23.8 Å². The van der Waals surface area contributed by atoms with E-state index in [4.69, 9.17) is 0 Å². The summed E-state index contributed by atoms with van der Waals surface area (Å²) in [6.45, 7) is 1.97. The largest absolute Gasteiger partial charge is 0.289 e. The van der Waals surface area contributed by atoms with Gasteiger partial charge in [-0.1, -0.05) is 11.8 Å². The van der Waals surface area contributed by atoms with Crippen LogP contribution in [0.25, 0.3) is 11.0 Å². The van der Waals surface area contributed by atoms with E-state index in [-0.39, 0.29) is 5.56 Å². The summed E-state index contributed by atoms with van der Waals surface area (Å²) in [6, 6.07) is 3.80. The lowest BCUT2D eigenvalue weighted by Crippen LogP contribution is -2.29. The Bertz CT molecular complexity index is 661. The maximum Gasteiger partial charge on any atom is 0.252 e. The van der Waals surface area contributed by atoms with Gasteiger partial charge >= 0.3 is 0 Å². The first-order valence-corrected chi connectivity index (χ1v) is 7.37. The third-order valence-corrected chi connectivity index (χ3v) is 4.12. The summed E-state index contributed by atoms with van der Waals surface area (Å²) < 4.78 is 1.85. The second-order valence-corrected chi connectivity index (χ2v) is 5.43. The Balaban J connectivity index is 2.34. The van der Waals surface area contributed by atoms with Crippen molar-refractivity contribution in [1.29, 1.82) is 0 Å². The van der Waals surface area contributed by atoms with Crippen molar-refractivity contribution in [2.45, 2.75) is 37.4 Å². The molecule has 4 nitrogen and oxygen atoms in total. The standard InChI is InChI=1S/C13H15N3OS/c1-8-10-6-7-11(17)16(9-4-3-5-9)12(10)15-13(14-8)18-2/h6-7,9H,3-5H2,1-2H3. The van der Waals surface area contributed by atoms with Crippen LogP contribution in [-0.4, -0.2) is 20.8 Å². The Hall–Kier alpha value is -1.36. The molecule has 0 amide bonds. The summed E-state index contributed by atoms with van der Waals surface area (Å²) in [7, 11) is 0. The molecule has 0 aliphatic heterocycles. The number of pyridine rings is 1. The van der Waals surface area contributed by atoms with Gasteiger partial charge in [-0.05, 0) is 38.5 Å². The van der Waals surface area contributed by atoms with E-state index in [9.17, 15) is 4.79 Å². The summed E-state index contributed by atoms with van der Waals surface area (Å²) in [5, 5.41) is 1.72. The van der Waals surface area contributed by atoms with Crippen LogP contribution in [0.4, 0.5) is 0 Å². The van der Waals surface area contributed by atoms with Gasteiger partial charge in [-0.2, -0.15) is 0 Å². The molecule has 0 unspecified atom stereocenters. The first-order chi connectivity index (χ1) is 8.70. The summed E-state index contributed by atoms with van der Waals surface area (Å²) in [4.78, 5) is 21.0. The molecular formula is C13H15N3OS. The smallest absolute Gasteiger partial charge is 0.252 e. The normalized spacial score (nSPS) is 15.9. The molecule has 0 aromatic carbocycles. The Morgan fingerprint density at radius 2 is 2.11 bits per heavy atom. The van der Waals surface area contributed by atoms with E-state index in [1.165, 1.54) is 18.2 Å². The van der Waals surface area contributed by atoms with Crippen molar-refractivity contribution in [3.63, 3.8) is 0 Å². The molecule has 94 valence electrons. The second kappa shape index (κ2) is 4.39. The van der Waals surface area contributed by atoms with Crippen LogP contribution in [-0.2, 0) is 0 Å². The molecule has 1 aliphatic carbocycles. The van der Waals surface area contributed by atoms with E-state index in [1.54, 1.807) is 6.07 Å². The summed E-state index contributed by atoms with van der Waals surface area (Å²) in [5.41, 5.74) is 1.79. The van der Waals surface area contributed by atoms with Crippen LogP contribution in [0.2, 0.25) is 0 Å². The second-order valence-electron chi connectivity index (χ2n) is 4.66.